The molecule has 12 N–H and O–H groups in total. The van der Waals surface area contributed by atoms with Crippen molar-refractivity contribution in [2.75, 3.05) is 0 Å². The van der Waals surface area contributed by atoms with E-state index in [0.29, 0.717) is 6.42 Å². The molecule has 0 radical (unpaired) electrons. The van der Waals surface area contributed by atoms with Crippen molar-refractivity contribution in [3.05, 3.63) is 0 Å². The normalized spacial score (nSPS) is 16.3. The Morgan fingerprint density at radius 1 is 0.700 bits per heavy atom. The minimum absolute atomic E-state index is 0.0785. The Hall–Kier alpha value is -3.79. The van der Waals surface area contributed by atoms with Crippen LogP contribution in [0.4, 0.5) is 0 Å². The Morgan fingerprint density at radius 3 is 1.60 bits per heavy atom. The van der Waals surface area contributed by atoms with Gasteiger partial charge in [-0.05, 0) is 25.2 Å². The molecule has 0 rings (SSSR count). The molecule has 0 aliphatic carbocycles. The molecular formula is C24H43N7O9. The Balaban J connectivity index is 5.85. The molecule has 16 nitrogen and oxygen atoms in total. The van der Waals surface area contributed by atoms with Gasteiger partial charge in [0.15, 0.2) is 0 Å². The van der Waals surface area contributed by atoms with Crippen molar-refractivity contribution < 1.29 is 43.8 Å². The first-order chi connectivity index (χ1) is 18.4. The molecule has 0 fully saturated rings. The maximum atomic E-state index is 13.2. The summed E-state index contributed by atoms with van der Waals surface area (Å²) in [7, 11) is 0. The van der Waals surface area contributed by atoms with E-state index in [1.807, 2.05) is 0 Å². The minimum Gasteiger partial charge on any atom is -0.480 e. The third-order valence-corrected chi connectivity index (χ3v) is 5.97. The van der Waals surface area contributed by atoms with E-state index in [-0.39, 0.29) is 12.3 Å². The Bertz CT molecular complexity index is 942. The summed E-state index contributed by atoms with van der Waals surface area (Å²) in [6.07, 6.45) is -2.18. The van der Waals surface area contributed by atoms with Crippen molar-refractivity contribution in [3.63, 3.8) is 0 Å². The molecular weight excluding hydrogens is 530 g/mol. The third kappa shape index (κ3) is 12.8. The van der Waals surface area contributed by atoms with Crippen molar-refractivity contribution in [2.24, 2.45) is 29.0 Å². The minimum atomic E-state index is -1.57. The van der Waals surface area contributed by atoms with Crippen LogP contribution < -0.4 is 38.5 Å². The standard InChI is InChI=1S/C24H43N7O9/c1-6-11(4)18(30-21(36)14(9-17(27)34)28-20(35)13(25)8-16(26)33)22(37)31-19(12(5)32)23(38)29-15(24(39)40)7-10(2)3/h10-15,18-19,32H,6-9,25H2,1-5H3,(H2,26,33)(H2,27,34)(H,28,35)(H,29,38)(H,30,36)(H,31,37)(H,39,40)/t11-,12+,13-,14-,15-,18-,19-/m0/s1. The molecule has 7 atom stereocenters. The number of aliphatic carboxylic acids is 1. The number of amides is 6. The quantitative estimate of drug-likeness (QED) is 0.0781. The second-order valence-corrected chi connectivity index (χ2v) is 10.1. The van der Waals surface area contributed by atoms with Crippen LogP contribution in [0.25, 0.3) is 0 Å². The number of carboxylic acids is 1. The average molecular weight is 574 g/mol. The molecule has 0 saturated heterocycles. The molecule has 228 valence electrons. The molecule has 0 bridgehead atoms. The van der Waals surface area contributed by atoms with Gasteiger partial charge in [-0.1, -0.05) is 34.1 Å². The summed E-state index contributed by atoms with van der Waals surface area (Å²) in [5.41, 5.74) is 15.8. The number of hydrogen-bond acceptors (Lipinski definition) is 9. The molecule has 0 aromatic heterocycles. The lowest BCUT2D eigenvalue weighted by Gasteiger charge is -2.29. The van der Waals surface area contributed by atoms with Crippen LogP contribution in [0.5, 0.6) is 0 Å². The first kappa shape index (κ1) is 36.2. The molecule has 0 aliphatic heterocycles. The molecule has 0 aromatic rings. The van der Waals surface area contributed by atoms with E-state index in [4.69, 9.17) is 17.2 Å². The summed E-state index contributed by atoms with van der Waals surface area (Å²) in [6.45, 7) is 8.05. The molecule has 0 spiro atoms. The Labute approximate surface area is 232 Å². The van der Waals surface area contributed by atoms with Gasteiger partial charge in [0.1, 0.15) is 24.2 Å². The van der Waals surface area contributed by atoms with Crippen molar-refractivity contribution in [2.45, 2.75) is 96.6 Å². The molecule has 0 saturated carbocycles. The number of carbonyl (C=O) groups excluding carboxylic acids is 6. The number of nitrogens with one attached hydrogen (secondary N) is 4. The van der Waals surface area contributed by atoms with Crippen LogP contribution >= 0.6 is 0 Å². The summed E-state index contributed by atoms with van der Waals surface area (Å²) in [5, 5.41) is 28.8. The highest BCUT2D eigenvalue weighted by Gasteiger charge is 2.35. The van der Waals surface area contributed by atoms with Gasteiger partial charge >= 0.3 is 5.97 Å². The topological polar surface area (TPSA) is 286 Å². The molecule has 0 unspecified atom stereocenters. The van der Waals surface area contributed by atoms with Crippen LogP contribution in [0.2, 0.25) is 0 Å². The monoisotopic (exact) mass is 573 g/mol. The summed E-state index contributed by atoms with van der Waals surface area (Å²) < 4.78 is 0. The predicted octanol–water partition coefficient (Wildman–Crippen LogP) is -3.44. The number of primary amides is 2. The van der Waals surface area contributed by atoms with E-state index >= 15 is 0 Å². The highest BCUT2D eigenvalue weighted by molar-refractivity contribution is 5.97. The number of aliphatic hydroxyl groups is 1. The lowest BCUT2D eigenvalue weighted by molar-refractivity contribution is -0.143. The zero-order valence-electron chi connectivity index (χ0n) is 23.4. The van der Waals surface area contributed by atoms with Gasteiger partial charge in [0.25, 0.3) is 0 Å². The van der Waals surface area contributed by atoms with Crippen molar-refractivity contribution in [3.8, 4) is 0 Å². The van der Waals surface area contributed by atoms with Gasteiger partial charge in [-0.3, -0.25) is 28.8 Å². The lowest BCUT2D eigenvalue weighted by atomic mass is 9.96. The number of rotatable bonds is 18. The zero-order valence-corrected chi connectivity index (χ0v) is 23.4. The lowest BCUT2D eigenvalue weighted by Crippen LogP contribution is -2.62. The van der Waals surface area contributed by atoms with Gasteiger partial charge in [-0.25, -0.2) is 4.79 Å². The third-order valence-electron chi connectivity index (χ3n) is 5.97. The summed E-state index contributed by atoms with van der Waals surface area (Å²) in [5.74, 6) is -7.55. The molecule has 0 aromatic carbocycles. The van der Waals surface area contributed by atoms with E-state index in [0.717, 1.165) is 0 Å². The van der Waals surface area contributed by atoms with E-state index in [1.165, 1.54) is 6.92 Å². The van der Waals surface area contributed by atoms with Crippen molar-refractivity contribution in [1.29, 1.82) is 0 Å². The van der Waals surface area contributed by atoms with Gasteiger partial charge < -0.3 is 48.7 Å². The van der Waals surface area contributed by atoms with Gasteiger partial charge in [0.2, 0.25) is 35.4 Å². The van der Waals surface area contributed by atoms with Gasteiger partial charge in [-0.2, -0.15) is 0 Å². The smallest absolute Gasteiger partial charge is 0.326 e. The van der Waals surface area contributed by atoms with E-state index in [1.54, 1.807) is 27.7 Å². The summed E-state index contributed by atoms with van der Waals surface area (Å²) in [6, 6.07) is -7.13. The van der Waals surface area contributed by atoms with Crippen LogP contribution in [0.1, 0.15) is 60.3 Å². The fourth-order valence-corrected chi connectivity index (χ4v) is 3.56. The van der Waals surface area contributed by atoms with Crippen molar-refractivity contribution >= 4 is 41.4 Å². The first-order valence-corrected chi connectivity index (χ1v) is 12.9. The molecule has 6 amide bonds. The maximum Gasteiger partial charge on any atom is 0.326 e. The van der Waals surface area contributed by atoms with Crippen LogP contribution in [0.3, 0.4) is 0 Å². The number of hydrogen-bond donors (Lipinski definition) is 9. The van der Waals surface area contributed by atoms with Crippen LogP contribution in [0, 0.1) is 11.8 Å². The van der Waals surface area contributed by atoms with Gasteiger partial charge in [-0.15, -0.1) is 0 Å². The zero-order chi connectivity index (χ0) is 31.3. The van der Waals surface area contributed by atoms with E-state index < -0.39 is 96.5 Å². The fraction of sp³-hybridized carbons (Fsp3) is 0.708. The molecule has 0 heterocycles. The Morgan fingerprint density at radius 2 is 1.18 bits per heavy atom. The SMILES string of the molecule is CC[C@H](C)[C@H](NC(=O)[C@H](CC(N)=O)NC(=O)[C@@H](N)CC(N)=O)C(=O)N[C@H](C(=O)N[C@@H](CC(C)C)C(=O)O)[C@@H](C)O. The van der Waals surface area contributed by atoms with E-state index in [9.17, 15) is 43.8 Å². The highest BCUT2D eigenvalue weighted by Crippen LogP contribution is 2.11. The highest BCUT2D eigenvalue weighted by atomic mass is 16.4. The molecule has 0 aliphatic rings. The van der Waals surface area contributed by atoms with Gasteiger partial charge in [0.05, 0.1) is 25.0 Å². The largest absolute Gasteiger partial charge is 0.480 e. The van der Waals surface area contributed by atoms with Crippen LogP contribution in [0.15, 0.2) is 0 Å². The fourth-order valence-electron chi connectivity index (χ4n) is 3.56. The number of aliphatic hydroxyl groups excluding tert-OH is 1. The van der Waals surface area contributed by atoms with Gasteiger partial charge in [0, 0.05) is 0 Å². The summed E-state index contributed by atoms with van der Waals surface area (Å²) >= 11 is 0. The van der Waals surface area contributed by atoms with Crippen LogP contribution in [-0.4, -0.2) is 87.9 Å². The first-order valence-electron chi connectivity index (χ1n) is 12.9. The average Bonchev–Trinajstić information content (AvgIpc) is 2.82. The number of carboxylic acid groups (broad SMARTS) is 1. The van der Waals surface area contributed by atoms with E-state index in [2.05, 4.69) is 21.3 Å². The van der Waals surface area contributed by atoms with Crippen LogP contribution in [-0.2, 0) is 33.6 Å². The maximum absolute atomic E-state index is 13.2. The number of nitrogens with two attached hydrogens (primary N) is 3. The summed E-state index contributed by atoms with van der Waals surface area (Å²) in [4.78, 5) is 85.5. The second-order valence-electron chi connectivity index (χ2n) is 10.1. The Kier molecular flexibility index (Phi) is 15.4. The molecule has 16 heteroatoms. The van der Waals surface area contributed by atoms with Crippen molar-refractivity contribution in [1.82, 2.24) is 21.3 Å². The second kappa shape index (κ2) is 17.0. The molecule has 40 heavy (non-hydrogen) atoms. The number of carbonyl (C=O) groups is 7. The predicted molar refractivity (Wildman–Crippen MR) is 142 cm³/mol.